The third kappa shape index (κ3) is 6.36. The Kier molecular flexibility index (Phi) is 8.67. The smallest absolute Gasteiger partial charge is 0.257 e. The van der Waals surface area contributed by atoms with Gasteiger partial charge in [0, 0.05) is 43.5 Å². The molecule has 0 saturated carbocycles. The lowest BCUT2D eigenvalue weighted by atomic mass is 10.1. The van der Waals surface area contributed by atoms with Crippen LogP contribution in [0.2, 0.25) is 0 Å². The molecule has 7 nitrogen and oxygen atoms in total. The molecule has 1 aromatic carbocycles. The number of benzene rings is 1. The molecular formula is C24H25F2N3O4S. The number of halogens is 2. The van der Waals surface area contributed by atoms with E-state index in [0.29, 0.717) is 19.6 Å². The summed E-state index contributed by atoms with van der Waals surface area (Å²) in [6.07, 6.45) is 3.33. The number of carbonyl (C=O) groups is 2. The first kappa shape index (κ1) is 25.3. The molecule has 0 aliphatic rings. The number of hydrogen-bond acceptors (Lipinski definition) is 5. The van der Waals surface area contributed by atoms with Crippen molar-refractivity contribution in [2.24, 2.45) is 0 Å². The number of ether oxygens (including phenoxy) is 1. The summed E-state index contributed by atoms with van der Waals surface area (Å²) in [7, 11) is 1.51. The number of amides is 2. The Morgan fingerprint density at radius 2 is 1.79 bits per heavy atom. The van der Waals surface area contributed by atoms with Crippen LogP contribution in [0.1, 0.15) is 50.5 Å². The molecule has 0 unspecified atom stereocenters. The van der Waals surface area contributed by atoms with Crippen molar-refractivity contribution in [1.82, 2.24) is 15.2 Å². The first-order valence-electron chi connectivity index (χ1n) is 10.6. The number of methoxy groups -OCH3 is 1. The maximum absolute atomic E-state index is 13.4. The Morgan fingerprint density at radius 1 is 1.12 bits per heavy atom. The number of nitrogens with zero attached hydrogens (tertiary/aromatic N) is 1. The topological polar surface area (TPSA) is 89.4 Å². The normalized spacial score (nSPS) is 11.8. The predicted octanol–water partition coefficient (Wildman–Crippen LogP) is 3.65. The van der Waals surface area contributed by atoms with E-state index in [4.69, 9.17) is 4.74 Å². The molecular weight excluding hydrogens is 464 g/mol. The molecule has 2 N–H and O–H groups in total. The molecule has 3 rings (SSSR count). The van der Waals surface area contributed by atoms with Gasteiger partial charge in [0.2, 0.25) is 5.43 Å². The summed E-state index contributed by atoms with van der Waals surface area (Å²) in [6, 6.07) is 6.39. The Labute approximate surface area is 199 Å². The second-order valence-corrected chi connectivity index (χ2v) is 8.53. The van der Waals surface area contributed by atoms with E-state index in [2.05, 4.69) is 10.6 Å². The minimum absolute atomic E-state index is 0.185. The third-order valence-electron chi connectivity index (χ3n) is 5.10. The molecule has 0 aliphatic heterocycles. The van der Waals surface area contributed by atoms with Crippen LogP contribution < -0.4 is 16.1 Å². The van der Waals surface area contributed by atoms with E-state index in [9.17, 15) is 23.2 Å². The summed E-state index contributed by atoms with van der Waals surface area (Å²) in [5, 5.41) is 7.25. The van der Waals surface area contributed by atoms with Gasteiger partial charge >= 0.3 is 0 Å². The summed E-state index contributed by atoms with van der Waals surface area (Å²) in [5.74, 6) is -2.92. The van der Waals surface area contributed by atoms with Gasteiger partial charge in [0.15, 0.2) is 0 Å². The Bertz CT molecular complexity index is 1190. The van der Waals surface area contributed by atoms with Crippen LogP contribution in [0.15, 0.2) is 52.9 Å². The van der Waals surface area contributed by atoms with Gasteiger partial charge in [-0.3, -0.25) is 14.4 Å². The maximum Gasteiger partial charge on any atom is 0.257 e. The van der Waals surface area contributed by atoms with Gasteiger partial charge < -0.3 is 19.9 Å². The fourth-order valence-electron chi connectivity index (χ4n) is 3.37. The summed E-state index contributed by atoms with van der Waals surface area (Å²) in [4.78, 5) is 39.8. The zero-order valence-electron chi connectivity index (χ0n) is 18.8. The summed E-state index contributed by atoms with van der Waals surface area (Å²) in [6.45, 7) is 2.31. The largest absolute Gasteiger partial charge is 0.383 e. The van der Waals surface area contributed by atoms with Crippen molar-refractivity contribution in [2.75, 3.05) is 13.7 Å². The molecule has 2 heterocycles. The number of nitrogens with one attached hydrogen (secondary N) is 2. The summed E-state index contributed by atoms with van der Waals surface area (Å²) < 4.78 is 33.4. The standard InChI is InChI=1S/C24H25F2N3O4S/c1-3-20(21-5-4-8-34-21)28-24(32)19-14-29(6-7-33-2)13-18(22(19)30)23(31)27-12-15-9-16(25)11-17(26)10-15/h4-5,8-11,13-14,20H,3,6-7,12H2,1-2H3,(H,27,31)(H,28,32)/t20-/m1/s1. The van der Waals surface area contributed by atoms with Crippen molar-refractivity contribution in [2.45, 2.75) is 32.5 Å². The highest BCUT2D eigenvalue weighted by Gasteiger charge is 2.22. The molecule has 2 amide bonds. The van der Waals surface area contributed by atoms with E-state index in [-0.39, 0.29) is 29.3 Å². The number of thiophene rings is 1. The van der Waals surface area contributed by atoms with Crippen molar-refractivity contribution in [3.63, 3.8) is 0 Å². The van der Waals surface area contributed by atoms with Gasteiger partial charge in [0.1, 0.15) is 22.8 Å². The van der Waals surface area contributed by atoms with Gasteiger partial charge in [0.25, 0.3) is 11.8 Å². The SMILES string of the molecule is CC[C@@H](NC(=O)c1cn(CCOC)cc(C(=O)NCc2cc(F)cc(F)c2)c1=O)c1cccs1. The lowest BCUT2D eigenvalue weighted by Gasteiger charge is -2.17. The fourth-order valence-corrected chi connectivity index (χ4v) is 4.23. The first-order chi connectivity index (χ1) is 16.3. The van der Waals surface area contributed by atoms with E-state index < -0.39 is 28.9 Å². The van der Waals surface area contributed by atoms with Crippen LogP contribution in [0.25, 0.3) is 0 Å². The minimum atomic E-state index is -0.777. The van der Waals surface area contributed by atoms with Crippen LogP contribution in [0, 0.1) is 11.6 Å². The van der Waals surface area contributed by atoms with Crippen molar-refractivity contribution in [3.8, 4) is 0 Å². The summed E-state index contributed by atoms with van der Waals surface area (Å²) >= 11 is 1.49. The molecule has 3 aromatic rings. The van der Waals surface area contributed by atoms with Crippen LogP contribution in [0.4, 0.5) is 8.78 Å². The highest BCUT2D eigenvalue weighted by molar-refractivity contribution is 7.10. The maximum atomic E-state index is 13.4. The average Bonchev–Trinajstić information content (AvgIpc) is 3.34. The lowest BCUT2D eigenvalue weighted by molar-refractivity contribution is 0.0933. The molecule has 0 fully saturated rings. The number of hydrogen-bond donors (Lipinski definition) is 2. The van der Waals surface area contributed by atoms with E-state index >= 15 is 0 Å². The number of rotatable bonds is 10. The second kappa shape index (κ2) is 11.7. The molecule has 0 aliphatic carbocycles. The molecule has 1 atom stereocenters. The van der Waals surface area contributed by atoms with Crippen LogP contribution >= 0.6 is 11.3 Å². The molecule has 34 heavy (non-hydrogen) atoms. The van der Waals surface area contributed by atoms with E-state index in [0.717, 1.165) is 23.1 Å². The van der Waals surface area contributed by atoms with Crippen molar-refractivity contribution < 1.29 is 23.1 Å². The predicted molar refractivity (Wildman–Crippen MR) is 125 cm³/mol. The van der Waals surface area contributed by atoms with Crippen molar-refractivity contribution in [3.05, 3.63) is 91.5 Å². The average molecular weight is 490 g/mol. The van der Waals surface area contributed by atoms with Crippen molar-refractivity contribution in [1.29, 1.82) is 0 Å². The monoisotopic (exact) mass is 489 g/mol. The molecule has 0 spiro atoms. The van der Waals surface area contributed by atoms with Crippen LogP contribution in [0.3, 0.4) is 0 Å². The quantitative estimate of drug-likeness (QED) is 0.455. The minimum Gasteiger partial charge on any atom is -0.383 e. The van der Waals surface area contributed by atoms with E-state index in [1.807, 2.05) is 24.4 Å². The Balaban J connectivity index is 1.87. The van der Waals surface area contributed by atoms with Gasteiger partial charge in [-0.05, 0) is 35.6 Å². The zero-order valence-corrected chi connectivity index (χ0v) is 19.6. The fraction of sp³-hybridized carbons (Fsp3) is 0.292. The molecule has 2 aromatic heterocycles. The van der Waals surface area contributed by atoms with Gasteiger partial charge in [-0.2, -0.15) is 0 Å². The Hall–Kier alpha value is -3.37. The van der Waals surface area contributed by atoms with Crippen LogP contribution in [-0.4, -0.2) is 30.1 Å². The highest BCUT2D eigenvalue weighted by atomic mass is 32.1. The molecule has 180 valence electrons. The van der Waals surface area contributed by atoms with Gasteiger partial charge in [0.05, 0.1) is 12.6 Å². The highest BCUT2D eigenvalue weighted by Crippen LogP contribution is 2.22. The Morgan fingerprint density at radius 3 is 2.38 bits per heavy atom. The number of pyridine rings is 1. The summed E-state index contributed by atoms with van der Waals surface area (Å²) in [5.41, 5.74) is -0.989. The van der Waals surface area contributed by atoms with Crippen LogP contribution in [0.5, 0.6) is 0 Å². The van der Waals surface area contributed by atoms with Gasteiger partial charge in [-0.15, -0.1) is 11.3 Å². The lowest BCUT2D eigenvalue weighted by Crippen LogP contribution is -2.36. The van der Waals surface area contributed by atoms with Crippen molar-refractivity contribution >= 4 is 23.2 Å². The second-order valence-electron chi connectivity index (χ2n) is 7.56. The number of carbonyl (C=O) groups excluding carboxylic acids is 2. The first-order valence-corrected chi connectivity index (χ1v) is 11.5. The molecule has 0 saturated heterocycles. The van der Waals surface area contributed by atoms with Gasteiger partial charge in [-0.25, -0.2) is 8.78 Å². The zero-order chi connectivity index (χ0) is 24.7. The molecule has 0 radical (unpaired) electrons. The van der Waals surface area contributed by atoms with E-state index in [1.54, 1.807) is 0 Å². The third-order valence-corrected chi connectivity index (χ3v) is 6.08. The van der Waals surface area contributed by atoms with Crippen LogP contribution in [-0.2, 0) is 17.8 Å². The van der Waals surface area contributed by atoms with E-state index in [1.165, 1.54) is 35.4 Å². The molecule has 0 bridgehead atoms. The number of aromatic nitrogens is 1. The van der Waals surface area contributed by atoms with Gasteiger partial charge in [-0.1, -0.05) is 13.0 Å². The molecule has 10 heteroatoms.